The van der Waals surface area contributed by atoms with Crippen LogP contribution in [0.5, 0.6) is 0 Å². The molecule has 0 aromatic heterocycles. The molecule has 3 rings (SSSR count). The largest absolute Gasteiger partial charge is 0.326 e. The van der Waals surface area contributed by atoms with E-state index in [1.165, 1.54) is 23.4 Å². The van der Waals surface area contributed by atoms with E-state index in [2.05, 4.69) is 10.2 Å². The molecule has 1 heterocycles. The van der Waals surface area contributed by atoms with Crippen LogP contribution in [0.4, 0.5) is 5.69 Å². The van der Waals surface area contributed by atoms with Crippen molar-refractivity contribution < 1.29 is 13.2 Å². The van der Waals surface area contributed by atoms with Gasteiger partial charge in [-0.15, -0.1) is 0 Å². The van der Waals surface area contributed by atoms with E-state index in [0.717, 1.165) is 18.5 Å². The minimum absolute atomic E-state index is 0.142. The molecule has 1 atom stereocenters. The Hall–Kier alpha value is -1.64. The van der Waals surface area contributed by atoms with Gasteiger partial charge in [-0.25, -0.2) is 8.42 Å². The summed E-state index contributed by atoms with van der Waals surface area (Å²) in [6.07, 6.45) is 0.724. The van der Waals surface area contributed by atoms with Gasteiger partial charge >= 0.3 is 0 Å². The molecule has 1 saturated heterocycles. The maximum absolute atomic E-state index is 13.0. The van der Waals surface area contributed by atoms with Crippen LogP contribution in [0.2, 0.25) is 10.0 Å². The maximum Gasteiger partial charge on any atom is 0.243 e. The zero-order valence-electron chi connectivity index (χ0n) is 16.2. The van der Waals surface area contributed by atoms with E-state index >= 15 is 0 Å². The number of likely N-dealkylation sites (tertiary alicyclic amines) is 1. The number of amides is 1. The van der Waals surface area contributed by atoms with E-state index in [9.17, 15) is 13.2 Å². The average Bonchev–Trinajstić information content (AvgIpc) is 3.12. The van der Waals surface area contributed by atoms with Crippen molar-refractivity contribution in [3.63, 3.8) is 0 Å². The van der Waals surface area contributed by atoms with Crippen molar-refractivity contribution in [3.05, 3.63) is 58.1 Å². The first-order valence-electron chi connectivity index (χ1n) is 9.19. The highest BCUT2D eigenvalue weighted by Gasteiger charge is 2.33. The summed E-state index contributed by atoms with van der Waals surface area (Å²) < 4.78 is 27.4. The van der Waals surface area contributed by atoms with Gasteiger partial charge < -0.3 is 5.32 Å². The maximum atomic E-state index is 13.0. The van der Waals surface area contributed by atoms with E-state index in [1.54, 1.807) is 37.4 Å². The third kappa shape index (κ3) is 5.10. The molecule has 0 aliphatic carbocycles. The summed E-state index contributed by atoms with van der Waals surface area (Å²) in [7, 11) is -2.03. The van der Waals surface area contributed by atoms with Crippen molar-refractivity contribution in [2.45, 2.75) is 30.8 Å². The molecule has 0 spiro atoms. The summed E-state index contributed by atoms with van der Waals surface area (Å²) in [6, 6.07) is 11.5. The van der Waals surface area contributed by atoms with Gasteiger partial charge in [0.25, 0.3) is 0 Å². The number of likely N-dealkylation sites (N-methyl/N-ethyl adjacent to an activating group) is 1. The number of nitrogens with one attached hydrogen (secondary N) is 1. The summed E-state index contributed by atoms with van der Waals surface area (Å²) in [5.41, 5.74) is 1.42. The molecule has 2 aromatic rings. The topological polar surface area (TPSA) is 69.7 Å². The number of benzene rings is 2. The van der Waals surface area contributed by atoms with Crippen LogP contribution < -0.4 is 5.32 Å². The second-order valence-electron chi connectivity index (χ2n) is 7.10. The number of carbonyl (C=O) groups excluding carboxylic acids is 1. The van der Waals surface area contributed by atoms with Gasteiger partial charge in [0.15, 0.2) is 0 Å². The Morgan fingerprint density at radius 1 is 1.17 bits per heavy atom. The standard InChI is InChI=1S/C20H23Cl2N3O3S/c1-14(26)23-15-6-8-17(9-7-15)29(27,28)24(2)16-10-11-25(12-16)13-18-19(21)4-3-5-20(18)22/h3-9,16H,10-13H2,1-2H3,(H,23,26). The Kier molecular flexibility index (Phi) is 6.86. The number of sulfonamides is 1. The van der Waals surface area contributed by atoms with Gasteiger partial charge in [0, 0.05) is 60.9 Å². The summed E-state index contributed by atoms with van der Waals surface area (Å²) in [5.74, 6) is -0.206. The summed E-state index contributed by atoms with van der Waals surface area (Å²) in [5, 5.41) is 3.85. The van der Waals surface area contributed by atoms with Gasteiger partial charge in [0.2, 0.25) is 15.9 Å². The first-order chi connectivity index (χ1) is 13.7. The third-order valence-corrected chi connectivity index (χ3v) is 7.69. The molecule has 1 fully saturated rings. The minimum atomic E-state index is -3.64. The van der Waals surface area contributed by atoms with Crippen molar-refractivity contribution in [3.8, 4) is 0 Å². The smallest absolute Gasteiger partial charge is 0.243 e. The molecule has 1 aliphatic heterocycles. The highest BCUT2D eigenvalue weighted by atomic mass is 35.5. The second-order valence-corrected chi connectivity index (χ2v) is 9.92. The number of hydrogen-bond donors (Lipinski definition) is 1. The predicted octanol–water partition coefficient (Wildman–Crippen LogP) is 3.85. The zero-order chi connectivity index (χ0) is 21.2. The third-order valence-electron chi connectivity index (χ3n) is 5.06. The Bertz CT molecular complexity index is 976. The van der Waals surface area contributed by atoms with Gasteiger partial charge in [-0.2, -0.15) is 4.31 Å². The molecule has 9 heteroatoms. The molecule has 156 valence electrons. The molecule has 0 radical (unpaired) electrons. The van der Waals surface area contributed by atoms with Gasteiger partial charge in [-0.05, 0) is 42.8 Å². The number of rotatable bonds is 6. The number of anilines is 1. The Labute approximate surface area is 181 Å². The van der Waals surface area contributed by atoms with Crippen LogP contribution in [-0.4, -0.2) is 49.7 Å². The number of nitrogens with zero attached hydrogens (tertiary/aromatic N) is 2. The first kappa shape index (κ1) is 22.1. The average molecular weight is 456 g/mol. The molecule has 1 unspecified atom stereocenters. The second kappa shape index (κ2) is 9.02. The molecular weight excluding hydrogens is 433 g/mol. The number of hydrogen-bond acceptors (Lipinski definition) is 4. The fraction of sp³-hybridized carbons (Fsp3) is 0.350. The van der Waals surface area contributed by atoms with Crippen LogP contribution in [0.1, 0.15) is 18.9 Å². The van der Waals surface area contributed by atoms with Crippen LogP contribution in [0, 0.1) is 0 Å². The highest BCUT2D eigenvalue weighted by Crippen LogP contribution is 2.29. The number of carbonyl (C=O) groups is 1. The summed E-state index contributed by atoms with van der Waals surface area (Å²) in [6.45, 7) is 3.34. The van der Waals surface area contributed by atoms with Crippen LogP contribution >= 0.6 is 23.2 Å². The molecule has 1 N–H and O–H groups in total. The zero-order valence-corrected chi connectivity index (χ0v) is 18.6. The monoisotopic (exact) mass is 455 g/mol. The van der Waals surface area contributed by atoms with Crippen molar-refractivity contribution >= 4 is 44.8 Å². The number of halogens is 2. The molecule has 1 aliphatic rings. The van der Waals surface area contributed by atoms with Crippen molar-refractivity contribution in [2.24, 2.45) is 0 Å². The Morgan fingerprint density at radius 2 is 1.79 bits per heavy atom. The van der Waals surface area contributed by atoms with Crippen molar-refractivity contribution in [1.29, 1.82) is 0 Å². The molecule has 1 amide bonds. The fourth-order valence-electron chi connectivity index (χ4n) is 3.44. The fourth-order valence-corrected chi connectivity index (χ4v) is 5.33. The van der Waals surface area contributed by atoms with Gasteiger partial charge in [0.05, 0.1) is 4.90 Å². The lowest BCUT2D eigenvalue weighted by atomic mass is 10.2. The lowest BCUT2D eigenvalue weighted by molar-refractivity contribution is -0.114. The van der Waals surface area contributed by atoms with Gasteiger partial charge in [0.1, 0.15) is 0 Å². The van der Waals surface area contributed by atoms with E-state index in [4.69, 9.17) is 23.2 Å². The molecule has 0 bridgehead atoms. The highest BCUT2D eigenvalue weighted by molar-refractivity contribution is 7.89. The van der Waals surface area contributed by atoms with E-state index < -0.39 is 10.0 Å². The predicted molar refractivity (Wildman–Crippen MR) is 116 cm³/mol. The van der Waals surface area contributed by atoms with E-state index in [1.807, 2.05) is 0 Å². The van der Waals surface area contributed by atoms with Crippen LogP contribution in [0.25, 0.3) is 0 Å². The Balaban J connectivity index is 1.68. The van der Waals surface area contributed by atoms with E-state index in [0.29, 0.717) is 28.8 Å². The lowest BCUT2D eigenvalue weighted by Crippen LogP contribution is -2.38. The minimum Gasteiger partial charge on any atom is -0.326 e. The SMILES string of the molecule is CC(=O)Nc1ccc(S(=O)(=O)N(C)C2CCN(Cc3c(Cl)cccc3Cl)C2)cc1. The normalized spacial score (nSPS) is 17.6. The summed E-state index contributed by atoms with van der Waals surface area (Å²) >= 11 is 12.5. The summed E-state index contributed by atoms with van der Waals surface area (Å²) in [4.78, 5) is 13.5. The Morgan fingerprint density at radius 3 is 2.38 bits per heavy atom. The first-order valence-corrected chi connectivity index (χ1v) is 11.4. The van der Waals surface area contributed by atoms with Crippen molar-refractivity contribution in [2.75, 3.05) is 25.5 Å². The molecular formula is C20H23Cl2N3O3S. The van der Waals surface area contributed by atoms with Crippen LogP contribution in [-0.2, 0) is 21.4 Å². The quantitative estimate of drug-likeness (QED) is 0.717. The molecule has 6 nitrogen and oxygen atoms in total. The van der Waals surface area contributed by atoms with Crippen molar-refractivity contribution in [1.82, 2.24) is 9.21 Å². The van der Waals surface area contributed by atoms with Crippen LogP contribution in [0.3, 0.4) is 0 Å². The molecule has 29 heavy (non-hydrogen) atoms. The van der Waals surface area contributed by atoms with E-state index in [-0.39, 0.29) is 16.8 Å². The molecule has 2 aromatic carbocycles. The van der Waals surface area contributed by atoms with Gasteiger partial charge in [-0.1, -0.05) is 29.3 Å². The molecule has 0 saturated carbocycles. The lowest BCUT2D eigenvalue weighted by Gasteiger charge is -2.25. The van der Waals surface area contributed by atoms with Gasteiger partial charge in [-0.3, -0.25) is 9.69 Å². The van der Waals surface area contributed by atoms with Crippen LogP contribution in [0.15, 0.2) is 47.4 Å².